The summed E-state index contributed by atoms with van der Waals surface area (Å²) in [5.41, 5.74) is 5.12. The molecule has 0 radical (unpaired) electrons. The third-order valence-electron chi connectivity index (χ3n) is 5.08. The minimum atomic E-state index is -0.402. The number of carbonyl (C=O) groups excluding carboxylic acids is 1. The van der Waals surface area contributed by atoms with Gasteiger partial charge in [-0.25, -0.2) is 4.79 Å². The molecule has 1 N–H and O–H groups in total. The molecule has 31 heavy (non-hydrogen) atoms. The van der Waals surface area contributed by atoms with Crippen molar-refractivity contribution in [2.75, 3.05) is 11.9 Å². The van der Waals surface area contributed by atoms with Gasteiger partial charge in [0, 0.05) is 17.1 Å². The number of nitrogens with one attached hydrogen (secondary N) is 1. The first-order valence-corrected chi connectivity index (χ1v) is 10.0. The van der Waals surface area contributed by atoms with Crippen LogP contribution in [-0.2, 0) is 4.79 Å². The fraction of sp³-hybridized carbons (Fsp3) is 0.154. The van der Waals surface area contributed by atoms with Crippen molar-refractivity contribution in [3.63, 3.8) is 0 Å². The van der Waals surface area contributed by atoms with E-state index in [0.717, 1.165) is 33.3 Å². The Bertz CT molecular complexity index is 1300. The number of carbonyl (C=O) groups is 1. The van der Waals surface area contributed by atoms with Gasteiger partial charge in [-0.1, -0.05) is 36.4 Å². The summed E-state index contributed by atoms with van der Waals surface area (Å²) in [6.07, 6.45) is 0. The standard InChI is InChI=1S/C26H23NO4/c1-16-11-17(2)13-20(12-16)27-24(28)15-30-21-9-10-22-18(3)25(19-7-5-4-6-8-19)26(29)31-23(22)14-21/h4-14H,15H2,1-3H3,(H,27,28). The van der Waals surface area contributed by atoms with Crippen LogP contribution in [0.3, 0.4) is 0 Å². The highest BCUT2D eigenvalue weighted by Gasteiger charge is 2.14. The molecule has 0 fully saturated rings. The summed E-state index contributed by atoms with van der Waals surface area (Å²) in [5.74, 6) is 0.195. The van der Waals surface area contributed by atoms with Crippen molar-refractivity contribution in [2.24, 2.45) is 0 Å². The Labute approximate surface area is 180 Å². The summed E-state index contributed by atoms with van der Waals surface area (Å²) in [5, 5.41) is 3.66. The molecule has 0 aliphatic heterocycles. The molecule has 5 heteroatoms. The second-order valence-electron chi connectivity index (χ2n) is 7.63. The quantitative estimate of drug-likeness (QED) is 0.445. The van der Waals surface area contributed by atoms with E-state index in [9.17, 15) is 9.59 Å². The van der Waals surface area contributed by atoms with Crippen LogP contribution >= 0.6 is 0 Å². The van der Waals surface area contributed by atoms with Crippen LogP contribution in [0.4, 0.5) is 5.69 Å². The van der Waals surface area contributed by atoms with Crippen LogP contribution in [-0.4, -0.2) is 12.5 Å². The molecule has 4 aromatic rings. The van der Waals surface area contributed by atoms with E-state index in [0.29, 0.717) is 16.9 Å². The van der Waals surface area contributed by atoms with Gasteiger partial charge in [-0.2, -0.15) is 0 Å². The molecule has 5 nitrogen and oxygen atoms in total. The van der Waals surface area contributed by atoms with E-state index in [1.54, 1.807) is 12.1 Å². The van der Waals surface area contributed by atoms with E-state index in [1.165, 1.54) is 0 Å². The Hall–Kier alpha value is -3.86. The number of hydrogen-bond donors (Lipinski definition) is 1. The number of fused-ring (bicyclic) bond motifs is 1. The van der Waals surface area contributed by atoms with Gasteiger partial charge in [0.25, 0.3) is 5.91 Å². The van der Waals surface area contributed by atoms with Crippen LogP contribution in [0, 0.1) is 20.8 Å². The maximum atomic E-state index is 12.6. The maximum Gasteiger partial charge on any atom is 0.344 e. The lowest BCUT2D eigenvalue weighted by atomic mass is 10.00. The summed E-state index contributed by atoms with van der Waals surface area (Å²) < 4.78 is 11.2. The van der Waals surface area contributed by atoms with E-state index < -0.39 is 5.63 Å². The molecule has 3 aromatic carbocycles. The maximum absolute atomic E-state index is 12.6. The second kappa shape index (κ2) is 8.48. The van der Waals surface area contributed by atoms with Crippen LogP contribution in [0.2, 0.25) is 0 Å². The van der Waals surface area contributed by atoms with E-state index in [1.807, 2.05) is 75.4 Å². The third-order valence-corrected chi connectivity index (χ3v) is 5.08. The van der Waals surface area contributed by atoms with Gasteiger partial charge in [0.15, 0.2) is 6.61 Å². The first kappa shape index (κ1) is 20.4. The highest BCUT2D eigenvalue weighted by atomic mass is 16.5. The molecule has 0 bridgehead atoms. The van der Waals surface area contributed by atoms with Crippen molar-refractivity contribution in [1.29, 1.82) is 0 Å². The smallest absolute Gasteiger partial charge is 0.344 e. The number of ether oxygens (including phenoxy) is 1. The average Bonchev–Trinajstić information content (AvgIpc) is 2.72. The predicted octanol–water partition coefficient (Wildman–Crippen LogP) is 5.40. The molecule has 0 saturated carbocycles. The Morgan fingerprint density at radius 1 is 0.935 bits per heavy atom. The van der Waals surface area contributed by atoms with Crippen LogP contribution in [0.15, 0.2) is 75.9 Å². The monoisotopic (exact) mass is 413 g/mol. The summed E-state index contributed by atoms with van der Waals surface area (Å²) in [4.78, 5) is 24.9. The van der Waals surface area contributed by atoms with Crippen molar-refractivity contribution in [3.05, 3.63) is 93.8 Å². The minimum Gasteiger partial charge on any atom is -0.484 e. The van der Waals surface area contributed by atoms with E-state index in [4.69, 9.17) is 9.15 Å². The number of hydrogen-bond acceptors (Lipinski definition) is 4. The number of benzene rings is 3. The molecule has 0 saturated heterocycles. The normalized spacial score (nSPS) is 10.8. The van der Waals surface area contributed by atoms with Crippen molar-refractivity contribution in [2.45, 2.75) is 20.8 Å². The van der Waals surface area contributed by atoms with Gasteiger partial charge < -0.3 is 14.5 Å². The molecule has 0 aliphatic rings. The molecule has 1 heterocycles. The zero-order chi connectivity index (χ0) is 22.0. The molecule has 156 valence electrons. The van der Waals surface area contributed by atoms with Gasteiger partial charge in [-0.05, 0) is 67.3 Å². The predicted molar refractivity (Wildman–Crippen MR) is 123 cm³/mol. The van der Waals surface area contributed by atoms with Gasteiger partial charge in [0.1, 0.15) is 11.3 Å². The topological polar surface area (TPSA) is 68.5 Å². The van der Waals surface area contributed by atoms with Crippen LogP contribution in [0.1, 0.15) is 16.7 Å². The molecular formula is C26H23NO4. The van der Waals surface area contributed by atoms with Gasteiger partial charge in [0.2, 0.25) is 0 Å². The Balaban J connectivity index is 1.53. The van der Waals surface area contributed by atoms with Crippen LogP contribution < -0.4 is 15.7 Å². The second-order valence-corrected chi connectivity index (χ2v) is 7.63. The SMILES string of the molecule is Cc1cc(C)cc(NC(=O)COc2ccc3c(C)c(-c4ccccc4)c(=O)oc3c2)c1. The average molecular weight is 413 g/mol. The largest absolute Gasteiger partial charge is 0.484 e. The van der Waals surface area contributed by atoms with Crippen molar-refractivity contribution < 1.29 is 13.9 Å². The van der Waals surface area contributed by atoms with Crippen molar-refractivity contribution in [3.8, 4) is 16.9 Å². The van der Waals surface area contributed by atoms with Crippen LogP contribution in [0.25, 0.3) is 22.1 Å². The lowest BCUT2D eigenvalue weighted by Gasteiger charge is -2.11. The number of anilines is 1. The van der Waals surface area contributed by atoms with E-state index in [-0.39, 0.29) is 12.5 Å². The number of aryl methyl sites for hydroxylation is 3. The molecular weight excluding hydrogens is 390 g/mol. The zero-order valence-electron chi connectivity index (χ0n) is 17.7. The molecule has 1 amide bonds. The van der Waals surface area contributed by atoms with Gasteiger partial charge >= 0.3 is 5.63 Å². The molecule has 0 unspecified atom stereocenters. The first-order chi connectivity index (χ1) is 14.9. The minimum absolute atomic E-state index is 0.149. The summed E-state index contributed by atoms with van der Waals surface area (Å²) in [7, 11) is 0. The first-order valence-electron chi connectivity index (χ1n) is 10.0. The van der Waals surface area contributed by atoms with Crippen molar-refractivity contribution in [1.82, 2.24) is 0 Å². The molecule has 1 aromatic heterocycles. The van der Waals surface area contributed by atoms with Gasteiger partial charge in [-0.15, -0.1) is 0 Å². The lowest BCUT2D eigenvalue weighted by Crippen LogP contribution is -2.20. The summed E-state index contributed by atoms with van der Waals surface area (Å²) in [6, 6.07) is 20.6. The highest BCUT2D eigenvalue weighted by molar-refractivity contribution is 5.92. The molecule has 0 atom stereocenters. The number of rotatable bonds is 5. The molecule has 0 spiro atoms. The summed E-state index contributed by atoms with van der Waals surface area (Å²) >= 11 is 0. The van der Waals surface area contributed by atoms with Crippen LogP contribution in [0.5, 0.6) is 5.75 Å². The molecule has 4 rings (SSSR count). The summed E-state index contributed by atoms with van der Waals surface area (Å²) in [6.45, 7) is 5.71. The highest BCUT2D eigenvalue weighted by Crippen LogP contribution is 2.28. The van der Waals surface area contributed by atoms with Gasteiger partial charge in [0.05, 0.1) is 5.56 Å². The lowest BCUT2D eigenvalue weighted by molar-refractivity contribution is -0.118. The van der Waals surface area contributed by atoms with Crippen molar-refractivity contribution >= 4 is 22.6 Å². The fourth-order valence-electron chi connectivity index (χ4n) is 3.76. The Kier molecular flexibility index (Phi) is 5.58. The Morgan fingerprint density at radius 2 is 1.65 bits per heavy atom. The van der Waals surface area contributed by atoms with E-state index in [2.05, 4.69) is 5.32 Å². The molecule has 0 aliphatic carbocycles. The van der Waals surface area contributed by atoms with E-state index >= 15 is 0 Å². The Morgan fingerprint density at radius 3 is 2.35 bits per heavy atom. The third kappa shape index (κ3) is 4.51. The zero-order valence-corrected chi connectivity index (χ0v) is 17.7. The fourth-order valence-corrected chi connectivity index (χ4v) is 3.76. The number of amides is 1. The van der Waals surface area contributed by atoms with Gasteiger partial charge in [-0.3, -0.25) is 4.79 Å².